The van der Waals surface area contributed by atoms with Crippen molar-refractivity contribution in [2.45, 2.75) is 287 Å². The molecule has 0 radical (unpaired) electrons. The first-order valence-electron chi connectivity index (χ1n) is 30.2. The molecule has 2 aromatic carbocycles. The van der Waals surface area contributed by atoms with Gasteiger partial charge < -0.3 is 16.2 Å². The molecule has 0 amide bonds. The van der Waals surface area contributed by atoms with Crippen LogP contribution in [0, 0.1) is 0 Å². The molecule has 0 aromatic heterocycles. The molecule has 1 aliphatic heterocycles. The molecule has 0 bridgehead atoms. The molecule has 0 saturated carbocycles. The van der Waals surface area contributed by atoms with Crippen molar-refractivity contribution in [3.8, 4) is 0 Å². The third-order valence-corrected chi connectivity index (χ3v) is 14.1. The summed E-state index contributed by atoms with van der Waals surface area (Å²) in [6, 6.07) is 9.87. The standard InChI is InChI=1S/C62H102N2.2C2H6N.Pd/c1-9-17-19-20-21-22-23-24-25-26-27-28-29-30-31-32-33-34-35-36-37-38-46-60-59(45-18-10-2)61(55-47-51(39-11-3)57(43-15-7)52(48-55)40-12-4)64(63)62(60)56-49-53(41-13-5)58(44-16-8)54(50-56)42-14-6;2*1-3-2;/h38,46-50H,9-37,39-45H2,1-8H3;2*1-2H3;/q;2*-1;+2. The SMILES string of the molecule is CCCCCCCCCCCCCCCCCCCCCCC=CC1=C(c2cc(CCC)c(CCC)c(CCC)c2)[N+](=[N-])C(c2cc(CCC)c(CCC)c(CCC)c2)=C1CCCC.C[N-]C.C[N-]C.[Pd+2]. The summed E-state index contributed by atoms with van der Waals surface area (Å²) in [6.45, 7) is 18.5. The summed E-state index contributed by atoms with van der Waals surface area (Å²) >= 11 is 0. The number of hydrogen-bond donors (Lipinski definition) is 0. The maximum absolute atomic E-state index is 12.8. The Kier molecular flexibility index (Phi) is 45.0. The van der Waals surface area contributed by atoms with Gasteiger partial charge in [0.15, 0.2) is 0 Å². The molecule has 1 aliphatic rings. The van der Waals surface area contributed by atoms with Crippen molar-refractivity contribution >= 4 is 11.4 Å². The van der Waals surface area contributed by atoms with Gasteiger partial charge in [-0.2, -0.15) is 28.2 Å². The van der Waals surface area contributed by atoms with Crippen LogP contribution in [-0.2, 0) is 58.9 Å². The molecule has 2 aromatic rings. The van der Waals surface area contributed by atoms with Crippen molar-refractivity contribution in [3.05, 3.63) is 108 Å². The Balaban J connectivity index is 0.00000664. The van der Waals surface area contributed by atoms with Crippen molar-refractivity contribution in [1.82, 2.24) is 0 Å². The fourth-order valence-electron chi connectivity index (χ4n) is 10.7. The van der Waals surface area contributed by atoms with Gasteiger partial charge in [0.1, 0.15) is 0 Å². The molecule has 0 unspecified atom stereocenters. The zero-order chi connectivity index (χ0) is 51.6. The molecule has 3 rings (SSSR count). The van der Waals surface area contributed by atoms with E-state index in [0.717, 1.165) is 114 Å². The summed E-state index contributed by atoms with van der Waals surface area (Å²) < 4.78 is 1.66. The maximum Gasteiger partial charge on any atom is 2.00 e. The number of unbranched alkanes of at least 4 members (excludes halogenated alkanes) is 21. The molecule has 0 atom stereocenters. The van der Waals surface area contributed by atoms with Crippen LogP contribution in [0.5, 0.6) is 0 Å². The first-order chi connectivity index (χ1) is 34.3. The van der Waals surface area contributed by atoms with E-state index in [4.69, 9.17) is 0 Å². The zero-order valence-electron chi connectivity index (χ0n) is 49.0. The number of allylic oxidation sites excluding steroid dienone is 4. The van der Waals surface area contributed by atoms with Crippen LogP contribution >= 0.6 is 0 Å². The number of aryl methyl sites for hydroxylation is 4. The minimum atomic E-state index is 0. The van der Waals surface area contributed by atoms with Gasteiger partial charge in [-0.1, -0.05) is 234 Å². The molecule has 0 fully saturated rings. The fraction of sp³-hybridized carbons (Fsp3) is 0.727. The Morgan fingerprint density at radius 3 is 0.986 bits per heavy atom. The molecule has 4 nitrogen and oxygen atoms in total. The van der Waals surface area contributed by atoms with Crippen LogP contribution in [-0.4, -0.2) is 32.9 Å². The van der Waals surface area contributed by atoms with E-state index in [1.807, 2.05) is 0 Å². The van der Waals surface area contributed by atoms with E-state index in [1.54, 1.807) is 44.0 Å². The second-order valence-corrected chi connectivity index (χ2v) is 20.9. The third-order valence-electron chi connectivity index (χ3n) is 14.1. The molecular formula is C66H114N4Pd. The van der Waals surface area contributed by atoms with E-state index < -0.39 is 0 Å². The molecule has 1 heterocycles. The van der Waals surface area contributed by atoms with Crippen LogP contribution < -0.4 is 0 Å². The van der Waals surface area contributed by atoms with Gasteiger partial charge in [-0.25, -0.2) is 4.70 Å². The topological polar surface area (TPSA) is 53.5 Å². The van der Waals surface area contributed by atoms with E-state index >= 15 is 0 Å². The van der Waals surface area contributed by atoms with Crippen LogP contribution in [0.15, 0.2) is 47.6 Å². The zero-order valence-corrected chi connectivity index (χ0v) is 50.6. The van der Waals surface area contributed by atoms with Gasteiger partial charge in [-0.05, 0) is 122 Å². The van der Waals surface area contributed by atoms with E-state index in [-0.39, 0.29) is 20.4 Å². The first kappa shape index (κ1) is 68.8. The number of hydrogen-bond acceptors (Lipinski definition) is 0. The molecular weight excluding hydrogens is 955 g/mol. The molecule has 408 valence electrons. The molecule has 71 heavy (non-hydrogen) atoms. The predicted octanol–water partition coefficient (Wildman–Crippen LogP) is 21.8. The summed E-state index contributed by atoms with van der Waals surface area (Å²) in [5, 5.41) is 7.00. The Bertz CT molecular complexity index is 1680. The summed E-state index contributed by atoms with van der Waals surface area (Å²) in [7, 11) is 7.00. The van der Waals surface area contributed by atoms with E-state index in [0.29, 0.717) is 0 Å². The summed E-state index contributed by atoms with van der Waals surface area (Å²) in [5.41, 5.74) is 28.9. The average Bonchev–Trinajstić information content (AvgIpc) is 3.62. The van der Waals surface area contributed by atoms with Crippen molar-refractivity contribution in [3.63, 3.8) is 0 Å². The molecule has 0 spiro atoms. The van der Waals surface area contributed by atoms with E-state index in [2.05, 4.69) is 102 Å². The van der Waals surface area contributed by atoms with Gasteiger partial charge >= 0.3 is 20.4 Å². The van der Waals surface area contributed by atoms with Crippen LogP contribution in [0.3, 0.4) is 0 Å². The van der Waals surface area contributed by atoms with Crippen molar-refractivity contribution in [1.29, 1.82) is 0 Å². The minimum absolute atomic E-state index is 0. The van der Waals surface area contributed by atoms with Gasteiger partial charge in [0.2, 0.25) is 11.4 Å². The Morgan fingerprint density at radius 1 is 0.380 bits per heavy atom. The maximum atomic E-state index is 12.8. The molecule has 5 heteroatoms. The van der Waals surface area contributed by atoms with Crippen molar-refractivity contribution < 1.29 is 25.1 Å². The summed E-state index contributed by atoms with van der Waals surface area (Å²) in [5.74, 6) is 0. The monoisotopic (exact) mass is 1070 g/mol. The Labute approximate surface area is 456 Å². The number of benzene rings is 2. The van der Waals surface area contributed by atoms with Gasteiger partial charge in [-0.3, -0.25) is 0 Å². The van der Waals surface area contributed by atoms with E-state index in [9.17, 15) is 5.53 Å². The van der Waals surface area contributed by atoms with Crippen LogP contribution in [0.4, 0.5) is 0 Å². The van der Waals surface area contributed by atoms with Crippen molar-refractivity contribution in [2.75, 3.05) is 28.2 Å². The Morgan fingerprint density at radius 2 is 0.676 bits per heavy atom. The molecule has 0 aliphatic carbocycles. The normalized spacial score (nSPS) is 12.4. The van der Waals surface area contributed by atoms with Gasteiger partial charge in [-0.15, -0.1) is 0 Å². The smallest absolute Gasteiger partial charge is 0.668 e. The van der Waals surface area contributed by atoms with Crippen molar-refractivity contribution in [2.24, 2.45) is 0 Å². The van der Waals surface area contributed by atoms with Crippen LogP contribution in [0.2, 0.25) is 0 Å². The second kappa shape index (κ2) is 46.4. The first-order valence-corrected chi connectivity index (χ1v) is 30.2. The quantitative estimate of drug-likeness (QED) is 0.0364. The number of nitrogens with zero attached hydrogens (tertiary/aromatic N) is 4. The fourth-order valence-corrected chi connectivity index (χ4v) is 10.7. The largest absolute Gasteiger partial charge is 2.00 e. The summed E-state index contributed by atoms with van der Waals surface area (Å²) in [4.78, 5) is 0. The second-order valence-electron chi connectivity index (χ2n) is 20.9. The Hall–Kier alpha value is -2.16. The summed E-state index contributed by atoms with van der Waals surface area (Å²) in [6.07, 6.45) is 51.1. The van der Waals surface area contributed by atoms with Crippen LogP contribution in [0.25, 0.3) is 27.6 Å². The van der Waals surface area contributed by atoms with Gasteiger partial charge in [0.05, 0.1) is 5.57 Å². The van der Waals surface area contributed by atoms with Gasteiger partial charge in [0, 0.05) is 16.7 Å². The molecule has 0 saturated heterocycles. The van der Waals surface area contributed by atoms with Gasteiger partial charge in [0.25, 0.3) is 0 Å². The van der Waals surface area contributed by atoms with Crippen LogP contribution in [0.1, 0.15) is 293 Å². The minimum Gasteiger partial charge on any atom is -0.668 e. The predicted molar refractivity (Wildman–Crippen MR) is 316 cm³/mol. The average molecular weight is 1070 g/mol. The third kappa shape index (κ3) is 27.3. The number of rotatable bonds is 39. The van der Waals surface area contributed by atoms with E-state index in [1.165, 1.54) is 173 Å². The molecule has 0 N–H and O–H groups in total.